The topological polar surface area (TPSA) is 55.8 Å². The maximum atomic E-state index is 13.8. The monoisotopic (exact) mass is 282 g/mol. The van der Waals surface area contributed by atoms with E-state index in [1.54, 1.807) is 0 Å². The summed E-state index contributed by atoms with van der Waals surface area (Å²) in [6, 6.07) is 2.47. The zero-order valence-electron chi connectivity index (χ0n) is 11.7. The minimum Gasteiger partial charge on any atom is -0.493 e. The summed E-state index contributed by atoms with van der Waals surface area (Å²) in [4.78, 5) is 11.8. The van der Waals surface area contributed by atoms with Gasteiger partial charge in [0.05, 0.1) is 19.6 Å². The smallest absolute Gasteiger partial charge is 0.314 e. The molecule has 1 saturated carbocycles. The highest BCUT2D eigenvalue weighted by atomic mass is 19.1. The van der Waals surface area contributed by atoms with Crippen LogP contribution in [0.15, 0.2) is 12.1 Å². The van der Waals surface area contributed by atoms with E-state index in [1.165, 1.54) is 26.4 Å². The van der Waals surface area contributed by atoms with E-state index in [1.807, 2.05) is 0 Å². The molecule has 0 radical (unpaired) electrons. The Morgan fingerprint density at radius 3 is 2.35 bits per heavy atom. The van der Waals surface area contributed by atoms with Gasteiger partial charge in [-0.25, -0.2) is 4.39 Å². The van der Waals surface area contributed by atoms with E-state index in [0.29, 0.717) is 24.2 Å². The molecule has 5 heteroatoms. The van der Waals surface area contributed by atoms with Gasteiger partial charge in [-0.1, -0.05) is 19.3 Å². The van der Waals surface area contributed by atoms with Gasteiger partial charge >= 0.3 is 5.97 Å². The highest BCUT2D eigenvalue weighted by Gasteiger charge is 2.44. The summed E-state index contributed by atoms with van der Waals surface area (Å²) in [6.45, 7) is 0. The molecule has 0 bridgehead atoms. The fraction of sp³-hybridized carbons (Fsp3) is 0.533. The van der Waals surface area contributed by atoms with Crippen molar-refractivity contribution in [2.45, 2.75) is 37.5 Å². The van der Waals surface area contributed by atoms with Crippen LogP contribution in [0.25, 0.3) is 0 Å². The molecule has 0 atom stereocenters. The molecule has 0 saturated heterocycles. The number of aliphatic carboxylic acids is 1. The van der Waals surface area contributed by atoms with Crippen LogP contribution in [0, 0.1) is 5.82 Å². The maximum Gasteiger partial charge on any atom is 0.314 e. The van der Waals surface area contributed by atoms with Gasteiger partial charge in [0.1, 0.15) is 5.82 Å². The van der Waals surface area contributed by atoms with Crippen molar-refractivity contribution in [1.29, 1.82) is 0 Å². The molecular formula is C15H19FO4. The van der Waals surface area contributed by atoms with Crippen LogP contribution >= 0.6 is 0 Å². The molecule has 1 aliphatic rings. The number of carboxylic acid groups (broad SMARTS) is 1. The van der Waals surface area contributed by atoms with E-state index >= 15 is 0 Å². The molecule has 2 rings (SSSR count). The number of hydrogen-bond acceptors (Lipinski definition) is 3. The lowest BCUT2D eigenvalue weighted by molar-refractivity contribution is -0.145. The fourth-order valence-corrected chi connectivity index (χ4v) is 3.04. The number of carboxylic acids is 1. The van der Waals surface area contributed by atoms with Crippen molar-refractivity contribution < 1.29 is 23.8 Å². The van der Waals surface area contributed by atoms with E-state index in [9.17, 15) is 14.3 Å². The van der Waals surface area contributed by atoms with Crippen LogP contribution in [0.5, 0.6) is 11.5 Å². The van der Waals surface area contributed by atoms with Gasteiger partial charge in [0.2, 0.25) is 0 Å². The average Bonchev–Trinajstić information content (AvgIpc) is 2.46. The van der Waals surface area contributed by atoms with Crippen molar-refractivity contribution in [3.8, 4) is 11.5 Å². The van der Waals surface area contributed by atoms with Crippen molar-refractivity contribution >= 4 is 5.97 Å². The van der Waals surface area contributed by atoms with Gasteiger partial charge in [-0.05, 0) is 18.9 Å². The molecule has 1 aliphatic carbocycles. The summed E-state index contributed by atoms with van der Waals surface area (Å²) in [7, 11) is 2.85. The Hall–Kier alpha value is -1.78. The largest absolute Gasteiger partial charge is 0.493 e. The molecule has 1 N–H and O–H groups in total. The second kappa shape index (κ2) is 5.69. The van der Waals surface area contributed by atoms with Crippen LogP contribution in [-0.4, -0.2) is 25.3 Å². The van der Waals surface area contributed by atoms with Crippen LogP contribution in [0.3, 0.4) is 0 Å². The Morgan fingerprint density at radius 2 is 1.85 bits per heavy atom. The molecule has 1 aromatic rings. The van der Waals surface area contributed by atoms with E-state index in [-0.39, 0.29) is 5.75 Å². The molecule has 0 aliphatic heterocycles. The Labute approximate surface area is 117 Å². The number of ether oxygens (including phenoxy) is 2. The first-order chi connectivity index (χ1) is 9.55. The number of methoxy groups -OCH3 is 2. The highest BCUT2D eigenvalue weighted by Crippen LogP contribution is 2.46. The summed E-state index contributed by atoms with van der Waals surface area (Å²) in [6.07, 6.45) is 3.61. The second-order valence-corrected chi connectivity index (χ2v) is 5.14. The molecule has 0 spiro atoms. The first-order valence-corrected chi connectivity index (χ1v) is 6.70. The Bertz CT molecular complexity index is 507. The van der Waals surface area contributed by atoms with Gasteiger partial charge in [-0.3, -0.25) is 4.79 Å². The van der Waals surface area contributed by atoms with Gasteiger partial charge < -0.3 is 14.6 Å². The number of halogens is 1. The predicted octanol–water partition coefficient (Wildman–Crippen LogP) is 3.13. The summed E-state index contributed by atoms with van der Waals surface area (Å²) < 4.78 is 24.2. The lowest BCUT2D eigenvalue weighted by atomic mass is 9.69. The lowest BCUT2D eigenvalue weighted by Crippen LogP contribution is -2.38. The van der Waals surface area contributed by atoms with Gasteiger partial charge in [0.15, 0.2) is 11.5 Å². The average molecular weight is 282 g/mol. The molecule has 1 fully saturated rings. The predicted molar refractivity (Wildman–Crippen MR) is 71.9 cm³/mol. The van der Waals surface area contributed by atoms with Crippen molar-refractivity contribution in [3.63, 3.8) is 0 Å². The first kappa shape index (κ1) is 14.6. The highest BCUT2D eigenvalue weighted by molar-refractivity contribution is 5.83. The Kier molecular flexibility index (Phi) is 4.16. The summed E-state index contributed by atoms with van der Waals surface area (Å²) in [5, 5.41) is 9.70. The van der Waals surface area contributed by atoms with Crippen LogP contribution in [0.2, 0.25) is 0 Å². The second-order valence-electron chi connectivity index (χ2n) is 5.14. The number of benzene rings is 1. The van der Waals surface area contributed by atoms with Crippen LogP contribution < -0.4 is 9.47 Å². The lowest BCUT2D eigenvalue weighted by Gasteiger charge is -2.34. The van der Waals surface area contributed by atoms with Crippen LogP contribution in [0.4, 0.5) is 4.39 Å². The number of rotatable bonds is 4. The van der Waals surface area contributed by atoms with E-state index < -0.39 is 17.2 Å². The first-order valence-electron chi connectivity index (χ1n) is 6.70. The van der Waals surface area contributed by atoms with Gasteiger partial charge in [-0.15, -0.1) is 0 Å². The minimum atomic E-state index is -1.08. The quantitative estimate of drug-likeness (QED) is 0.921. The van der Waals surface area contributed by atoms with Gasteiger partial charge in [-0.2, -0.15) is 0 Å². The van der Waals surface area contributed by atoms with Crippen molar-refractivity contribution in [1.82, 2.24) is 0 Å². The molecule has 0 amide bonds. The summed E-state index contributed by atoms with van der Waals surface area (Å²) in [5.41, 5.74) is -0.706. The third kappa shape index (κ3) is 2.32. The third-order valence-electron chi connectivity index (χ3n) is 4.08. The molecule has 4 nitrogen and oxygen atoms in total. The van der Waals surface area contributed by atoms with E-state index in [0.717, 1.165) is 19.3 Å². The molecule has 1 aromatic carbocycles. The molecule has 0 unspecified atom stereocenters. The zero-order valence-corrected chi connectivity index (χ0v) is 11.7. The zero-order chi connectivity index (χ0) is 14.8. The standard InChI is InChI=1S/C15H19FO4/c1-19-12-9-10(16)8-11(13(12)20-2)15(14(17)18)6-4-3-5-7-15/h8-9H,3-7H2,1-2H3,(H,17,18). The van der Waals surface area contributed by atoms with E-state index in [4.69, 9.17) is 9.47 Å². The SMILES string of the molecule is COc1cc(F)cc(C2(C(=O)O)CCCCC2)c1OC. The maximum absolute atomic E-state index is 13.8. The summed E-state index contributed by atoms with van der Waals surface area (Å²) in [5.74, 6) is -0.890. The molecule has 0 heterocycles. The van der Waals surface area contributed by atoms with E-state index in [2.05, 4.69) is 0 Å². The fourth-order valence-electron chi connectivity index (χ4n) is 3.04. The van der Waals surface area contributed by atoms with Crippen LogP contribution in [-0.2, 0) is 10.2 Å². The minimum absolute atomic E-state index is 0.230. The van der Waals surface area contributed by atoms with Crippen LogP contribution in [0.1, 0.15) is 37.7 Å². The van der Waals surface area contributed by atoms with Gasteiger partial charge in [0, 0.05) is 11.6 Å². The van der Waals surface area contributed by atoms with Crippen molar-refractivity contribution in [3.05, 3.63) is 23.5 Å². The van der Waals surface area contributed by atoms with Crippen molar-refractivity contribution in [2.24, 2.45) is 0 Å². The normalized spacial score (nSPS) is 17.6. The Morgan fingerprint density at radius 1 is 1.20 bits per heavy atom. The molecular weight excluding hydrogens is 263 g/mol. The van der Waals surface area contributed by atoms with Gasteiger partial charge in [0.25, 0.3) is 0 Å². The number of carbonyl (C=O) groups is 1. The Balaban J connectivity index is 2.64. The number of hydrogen-bond donors (Lipinski definition) is 1. The molecule has 110 valence electrons. The molecule has 0 aromatic heterocycles. The summed E-state index contributed by atoms with van der Waals surface area (Å²) >= 11 is 0. The molecule has 20 heavy (non-hydrogen) atoms. The third-order valence-corrected chi connectivity index (χ3v) is 4.08. The van der Waals surface area contributed by atoms with Crippen molar-refractivity contribution in [2.75, 3.05) is 14.2 Å².